The minimum atomic E-state index is -1.82. The largest absolute Gasteiger partial charge is 0.416 e. The Morgan fingerprint density at radius 1 is 0.950 bits per heavy atom. The van der Waals surface area contributed by atoms with E-state index in [-0.39, 0.29) is 5.82 Å². The smallest absolute Gasteiger partial charge is 0.200 e. The molecule has 0 fully saturated rings. The highest BCUT2D eigenvalue weighted by Crippen LogP contribution is 2.42. The Morgan fingerprint density at radius 3 is 1.90 bits per heavy atom. The van der Waals surface area contributed by atoms with Crippen LogP contribution in [-0.4, -0.2) is 14.9 Å². The number of benzene rings is 1. The average molecular weight is 297 g/mol. The quantitative estimate of drug-likeness (QED) is 0.598. The van der Waals surface area contributed by atoms with Crippen molar-refractivity contribution in [2.75, 3.05) is 6.61 Å². The highest BCUT2D eigenvalue weighted by Gasteiger charge is 2.44. The summed E-state index contributed by atoms with van der Waals surface area (Å²) < 4.78 is 20.1. The van der Waals surface area contributed by atoms with Crippen molar-refractivity contribution in [3.05, 3.63) is 35.6 Å². The van der Waals surface area contributed by atoms with Gasteiger partial charge >= 0.3 is 0 Å². The van der Waals surface area contributed by atoms with E-state index in [1.807, 2.05) is 12.1 Å². The van der Waals surface area contributed by atoms with E-state index in [0.29, 0.717) is 29.7 Å². The van der Waals surface area contributed by atoms with E-state index in [1.54, 1.807) is 6.07 Å². The molecule has 0 saturated carbocycles. The molecule has 1 aromatic rings. The SMILES string of the molecule is CC(C)[Si](OCCc1ccccc1F)(C(C)C)C(C)C. The number of hydrogen-bond acceptors (Lipinski definition) is 1. The van der Waals surface area contributed by atoms with Crippen molar-refractivity contribution >= 4 is 8.32 Å². The maximum absolute atomic E-state index is 13.6. The van der Waals surface area contributed by atoms with Crippen LogP contribution in [0.4, 0.5) is 4.39 Å². The maximum Gasteiger partial charge on any atom is 0.200 e. The molecule has 1 aromatic carbocycles. The van der Waals surface area contributed by atoms with Gasteiger partial charge in [0.2, 0.25) is 0 Å². The highest BCUT2D eigenvalue weighted by atomic mass is 28.4. The van der Waals surface area contributed by atoms with Crippen molar-refractivity contribution in [1.82, 2.24) is 0 Å². The van der Waals surface area contributed by atoms with Gasteiger partial charge in [-0.1, -0.05) is 59.7 Å². The van der Waals surface area contributed by atoms with Crippen LogP contribution in [0.1, 0.15) is 47.1 Å². The molecule has 0 aliphatic carbocycles. The summed E-state index contributed by atoms with van der Waals surface area (Å²) in [6, 6.07) is 6.99. The summed E-state index contributed by atoms with van der Waals surface area (Å²) in [6.07, 6.45) is 0.660. The van der Waals surface area contributed by atoms with Gasteiger partial charge in [0, 0.05) is 6.61 Å². The number of rotatable bonds is 7. The van der Waals surface area contributed by atoms with E-state index < -0.39 is 8.32 Å². The van der Waals surface area contributed by atoms with Crippen LogP contribution in [0.3, 0.4) is 0 Å². The molecule has 0 aliphatic rings. The van der Waals surface area contributed by atoms with E-state index in [4.69, 9.17) is 4.43 Å². The molecule has 3 heteroatoms. The van der Waals surface area contributed by atoms with Crippen LogP contribution >= 0.6 is 0 Å². The van der Waals surface area contributed by atoms with Gasteiger partial charge in [0.1, 0.15) is 5.82 Å². The lowest BCUT2D eigenvalue weighted by atomic mass is 10.1. The summed E-state index contributed by atoms with van der Waals surface area (Å²) in [5.74, 6) is -0.123. The zero-order valence-corrected chi connectivity index (χ0v) is 14.7. The third-order valence-electron chi connectivity index (χ3n) is 4.39. The zero-order chi connectivity index (χ0) is 15.3. The fourth-order valence-electron chi connectivity index (χ4n) is 3.54. The second kappa shape index (κ2) is 7.37. The van der Waals surface area contributed by atoms with Gasteiger partial charge in [-0.2, -0.15) is 0 Å². The van der Waals surface area contributed by atoms with Crippen LogP contribution in [-0.2, 0) is 10.8 Å². The van der Waals surface area contributed by atoms with Crippen molar-refractivity contribution in [1.29, 1.82) is 0 Å². The molecule has 0 amide bonds. The summed E-state index contributed by atoms with van der Waals surface area (Å²) in [7, 11) is -1.82. The molecule has 0 N–H and O–H groups in total. The van der Waals surface area contributed by atoms with Gasteiger partial charge in [-0.25, -0.2) is 4.39 Å². The topological polar surface area (TPSA) is 9.23 Å². The second-order valence-electron chi connectivity index (χ2n) is 6.51. The third-order valence-corrected chi connectivity index (χ3v) is 10.5. The Morgan fingerprint density at radius 2 is 1.45 bits per heavy atom. The van der Waals surface area contributed by atoms with Crippen molar-refractivity contribution in [2.24, 2.45) is 0 Å². The molecule has 0 bridgehead atoms. The van der Waals surface area contributed by atoms with Gasteiger partial charge in [0.15, 0.2) is 8.32 Å². The van der Waals surface area contributed by atoms with Crippen LogP contribution in [0.5, 0.6) is 0 Å². The molecule has 0 aromatic heterocycles. The molecule has 0 heterocycles. The van der Waals surface area contributed by atoms with Crippen molar-refractivity contribution in [2.45, 2.75) is 64.6 Å². The summed E-state index contributed by atoms with van der Waals surface area (Å²) in [5.41, 5.74) is 2.47. The first-order valence-electron chi connectivity index (χ1n) is 7.69. The number of hydrogen-bond donors (Lipinski definition) is 0. The standard InChI is InChI=1S/C17H29FOSi/c1-13(2)20(14(3)4,15(5)6)19-12-11-16-9-7-8-10-17(16)18/h7-10,13-15H,11-12H2,1-6H3. The van der Waals surface area contributed by atoms with Gasteiger partial charge in [-0.3, -0.25) is 0 Å². The molecule has 114 valence electrons. The van der Waals surface area contributed by atoms with Crippen molar-refractivity contribution in [3.8, 4) is 0 Å². The fraction of sp³-hybridized carbons (Fsp3) is 0.647. The van der Waals surface area contributed by atoms with E-state index >= 15 is 0 Å². The fourth-order valence-corrected chi connectivity index (χ4v) is 8.99. The first-order valence-corrected chi connectivity index (χ1v) is 9.83. The lowest BCUT2D eigenvalue weighted by Gasteiger charge is -2.42. The van der Waals surface area contributed by atoms with E-state index in [0.717, 1.165) is 5.56 Å². The van der Waals surface area contributed by atoms with Gasteiger partial charge in [0.25, 0.3) is 0 Å². The molecular formula is C17H29FOSi. The molecule has 1 rings (SSSR count). The second-order valence-corrected chi connectivity index (χ2v) is 12.0. The lowest BCUT2D eigenvalue weighted by molar-refractivity contribution is 0.280. The highest BCUT2D eigenvalue weighted by molar-refractivity contribution is 6.77. The summed E-state index contributed by atoms with van der Waals surface area (Å²) in [5, 5.41) is 0. The van der Waals surface area contributed by atoms with Gasteiger partial charge < -0.3 is 4.43 Å². The summed E-state index contributed by atoms with van der Waals surface area (Å²) in [6.45, 7) is 14.3. The molecule has 0 spiro atoms. The predicted octanol–water partition coefficient (Wildman–Crippen LogP) is 5.56. The molecule has 0 radical (unpaired) electrons. The monoisotopic (exact) mass is 296 g/mol. The van der Waals surface area contributed by atoms with Crippen molar-refractivity contribution in [3.63, 3.8) is 0 Å². The zero-order valence-electron chi connectivity index (χ0n) is 13.7. The summed E-state index contributed by atoms with van der Waals surface area (Å²) in [4.78, 5) is 0. The molecule has 20 heavy (non-hydrogen) atoms. The molecule has 1 nitrogen and oxygen atoms in total. The van der Waals surface area contributed by atoms with Crippen LogP contribution in [0.2, 0.25) is 16.6 Å². The Labute approximate surface area is 124 Å². The van der Waals surface area contributed by atoms with E-state index in [2.05, 4.69) is 41.5 Å². The molecular weight excluding hydrogens is 267 g/mol. The van der Waals surface area contributed by atoms with Gasteiger partial charge in [-0.05, 0) is 34.7 Å². The van der Waals surface area contributed by atoms with Crippen LogP contribution in [0.25, 0.3) is 0 Å². The van der Waals surface area contributed by atoms with E-state index in [9.17, 15) is 4.39 Å². The van der Waals surface area contributed by atoms with E-state index in [1.165, 1.54) is 6.07 Å². The van der Waals surface area contributed by atoms with Gasteiger partial charge in [0.05, 0.1) is 0 Å². The minimum absolute atomic E-state index is 0.123. The first-order chi connectivity index (χ1) is 9.32. The average Bonchev–Trinajstić information content (AvgIpc) is 2.35. The van der Waals surface area contributed by atoms with Crippen molar-refractivity contribution < 1.29 is 8.82 Å². The first kappa shape index (κ1) is 17.4. The normalized spacial score (nSPS) is 12.7. The Bertz CT molecular complexity index is 393. The Hall–Kier alpha value is -0.673. The Kier molecular flexibility index (Phi) is 6.40. The van der Waals surface area contributed by atoms with Crippen LogP contribution in [0.15, 0.2) is 24.3 Å². The van der Waals surface area contributed by atoms with Crippen LogP contribution < -0.4 is 0 Å². The lowest BCUT2D eigenvalue weighted by Crippen LogP contribution is -2.48. The summed E-state index contributed by atoms with van der Waals surface area (Å²) >= 11 is 0. The molecule has 0 atom stereocenters. The Balaban J connectivity index is 2.76. The molecule has 0 saturated heterocycles. The van der Waals surface area contributed by atoms with Crippen LogP contribution in [0, 0.1) is 5.82 Å². The minimum Gasteiger partial charge on any atom is -0.416 e. The number of halogens is 1. The predicted molar refractivity (Wildman–Crippen MR) is 87.1 cm³/mol. The molecule has 0 unspecified atom stereocenters. The van der Waals surface area contributed by atoms with Gasteiger partial charge in [-0.15, -0.1) is 0 Å². The third kappa shape index (κ3) is 3.70. The molecule has 0 aliphatic heterocycles. The maximum atomic E-state index is 13.6.